The summed E-state index contributed by atoms with van der Waals surface area (Å²) in [5.41, 5.74) is 9.67. The molecular weight excluding hydrogens is 210 g/mol. The molecule has 0 aliphatic heterocycles. The van der Waals surface area contributed by atoms with Gasteiger partial charge in [0.25, 0.3) is 0 Å². The summed E-state index contributed by atoms with van der Waals surface area (Å²) < 4.78 is 24.6. The van der Waals surface area contributed by atoms with Crippen molar-refractivity contribution in [2.75, 3.05) is 5.73 Å². The molecule has 0 aliphatic carbocycles. The number of nitrogens with zero attached hydrogens (tertiary/aromatic N) is 2. The zero-order valence-corrected chi connectivity index (χ0v) is 7.48. The van der Waals surface area contributed by atoms with Crippen LogP contribution in [0.3, 0.4) is 0 Å². The van der Waals surface area contributed by atoms with Gasteiger partial charge in [-0.25, -0.2) is 8.78 Å². The molecule has 0 aliphatic rings. The summed E-state index contributed by atoms with van der Waals surface area (Å²) >= 11 is 0. The molecule has 0 saturated carbocycles. The van der Waals surface area contributed by atoms with Gasteiger partial charge in [0, 0.05) is 12.1 Å². The van der Waals surface area contributed by atoms with E-state index in [0.717, 1.165) is 6.07 Å². The maximum atomic E-state index is 12.3. The van der Waals surface area contributed by atoms with E-state index in [0.29, 0.717) is 0 Å². The summed E-state index contributed by atoms with van der Waals surface area (Å²) in [6.45, 7) is -0.158. The maximum Gasteiger partial charge on any atom is 0.387 e. The third-order valence-corrected chi connectivity index (χ3v) is 1.76. The minimum absolute atomic E-state index is 0.0898. The Morgan fingerprint density at radius 3 is 2.60 bits per heavy atom. The number of nitrogens with two attached hydrogens (primary N) is 2. The predicted octanol–water partition coefficient (Wildman–Crippen LogP) is 0.968. The van der Waals surface area contributed by atoms with Gasteiger partial charge in [0.05, 0.1) is 0 Å². The monoisotopic (exact) mass is 218 g/mol. The van der Waals surface area contributed by atoms with Crippen molar-refractivity contribution in [3.05, 3.63) is 27.4 Å². The van der Waals surface area contributed by atoms with Crippen LogP contribution in [0.1, 0.15) is 17.7 Å². The second-order valence-corrected chi connectivity index (χ2v) is 2.71. The van der Waals surface area contributed by atoms with Crippen molar-refractivity contribution in [3.8, 4) is 0 Å². The van der Waals surface area contributed by atoms with E-state index < -0.39 is 22.9 Å². The topological polar surface area (TPSA) is 108 Å². The fourth-order valence-corrected chi connectivity index (χ4v) is 1.03. The first-order valence-corrected chi connectivity index (χ1v) is 3.89. The summed E-state index contributed by atoms with van der Waals surface area (Å²) in [6, 6.07) is 0.965. The molecule has 0 radical (unpaired) electrons. The highest BCUT2D eigenvalue weighted by molar-refractivity contribution is 5.59. The number of nitro groups is 1. The van der Waals surface area contributed by atoms with Crippen LogP contribution in [0.25, 0.3) is 0 Å². The number of aromatic nitrogens is 1. The molecule has 0 amide bonds. The number of halogens is 2. The molecule has 0 bridgehead atoms. The van der Waals surface area contributed by atoms with Gasteiger partial charge in [-0.3, -0.25) is 0 Å². The Labute approximate surface area is 83.0 Å². The number of rotatable bonds is 3. The van der Waals surface area contributed by atoms with Gasteiger partial charge in [-0.05, 0) is 16.0 Å². The number of nitrogen functional groups attached to an aromatic ring is 1. The third-order valence-electron chi connectivity index (χ3n) is 1.76. The number of anilines is 1. The lowest BCUT2D eigenvalue weighted by Gasteiger charge is -2.04. The minimum atomic E-state index is -2.89. The number of hydrogen-bond acceptors (Lipinski definition) is 5. The van der Waals surface area contributed by atoms with Crippen LogP contribution in [0, 0.1) is 10.1 Å². The average Bonchev–Trinajstić information content (AvgIpc) is 2.17. The summed E-state index contributed by atoms with van der Waals surface area (Å²) in [5, 5.41) is 10.4. The second-order valence-electron chi connectivity index (χ2n) is 2.71. The highest BCUT2D eigenvalue weighted by Crippen LogP contribution is 2.27. The fourth-order valence-electron chi connectivity index (χ4n) is 1.03. The third kappa shape index (κ3) is 2.15. The largest absolute Gasteiger partial charge is 0.392 e. The number of alkyl halides is 2. The molecule has 1 heterocycles. The van der Waals surface area contributed by atoms with E-state index in [2.05, 4.69) is 4.98 Å². The molecule has 82 valence electrons. The molecule has 0 unspecified atom stereocenters. The standard InChI is InChI=1S/C7H8F2N4O2/c8-6(9)4-1-3(2-10)5(11)7(12-4)13(14)15/h1,6H,2,10-11H2. The highest BCUT2D eigenvalue weighted by atomic mass is 19.3. The van der Waals surface area contributed by atoms with Gasteiger partial charge < -0.3 is 21.6 Å². The van der Waals surface area contributed by atoms with Gasteiger partial charge in [0.15, 0.2) is 0 Å². The Morgan fingerprint density at radius 1 is 1.60 bits per heavy atom. The zero-order chi connectivity index (χ0) is 11.6. The zero-order valence-electron chi connectivity index (χ0n) is 7.48. The summed E-state index contributed by atoms with van der Waals surface area (Å²) in [4.78, 5) is 12.7. The SMILES string of the molecule is NCc1cc(C(F)F)nc([N+](=O)[O-])c1N. The number of hydrogen-bond donors (Lipinski definition) is 2. The van der Waals surface area contributed by atoms with Crippen LogP contribution in [0.5, 0.6) is 0 Å². The predicted molar refractivity (Wildman–Crippen MR) is 48.2 cm³/mol. The lowest BCUT2D eigenvalue weighted by Crippen LogP contribution is -2.08. The first-order chi connectivity index (χ1) is 6.97. The Hall–Kier alpha value is -1.83. The van der Waals surface area contributed by atoms with E-state index in [4.69, 9.17) is 11.5 Å². The molecule has 15 heavy (non-hydrogen) atoms. The molecule has 4 N–H and O–H groups in total. The van der Waals surface area contributed by atoms with Gasteiger partial charge in [-0.1, -0.05) is 0 Å². The van der Waals surface area contributed by atoms with E-state index in [-0.39, 0.29) is 17.8 Å². The molecule has 8 heteroatoms. The Bertz CT molecular complexity index is 397. The average molecular weight is 218 g/mol. The van der Waals surface area contributed by atoms with E-state index in [9.17, 15) is 18.9 Å². The van der Waals surface area contributed by atoms with E-state index in [1.807, 2.05) is 0 Å². The van der Waals surface area contributed by atoms with Crippen molar-refractivity contribution in [2.45, 2.75) is 13.0 Å². The Balaban J connectivity index is 3.38. The number of pyridine rings is 1. The van der Waals surface area contributed by atoms with Crippen molar-refractivity contribution < 1.29 is 13.7 Å². The minimum Gasteiger partial charge on any atom is -0.392 e. The molecule has 1 rings (SSSR count). The lowest BCUT2D eigenvalue weighted by molar-refractivity contribution is -0.388. The van der Waals surface area contributed by atoms with Crippen LogP contribution in [0.4, 0.5) is 20.3 Å². The van der Waals surface area contributed by atoms with E-state index >= 15 is 0 Å². The van der Waals surface area contributed by atoms with Crippen molar-refractivity contribution in [3.63, 3.8) is 0 Å². The first-order valence-electron chi connectivity index (χ1n) is 3.89. The van der Waals surface area contributed by atoms with Crippen LogP contribution in [0.15, 0.2) is 6.07 Å². The molecule has 0 spiro atoms. The van der Waals surface area contributed by atoms with Gasteiger partial charge in [0.1, 0.15) is 5.69 Å². The van der Waals surface area contributed by atoms with E-state index in [1.165, 1.54) is 0 Å². The van der Waals surface area contributed by atoms with Crippen LogP contribution < -0.4 is 11.5 Å². The van der Waals surface area contributed by atoms with Crippen LogP contribution >= 0.6 is 0 Å². The Kier molecular flexibility index (Phi) is 3.10. The second kappa shape index (κ2) is 4.13. The molecular formula is C7H8F2N4O2. The van der Waals surface area contributed by atoms with Gasteiger partial charge in [0.2, 0.25) is 5.69 Å². The van der Waals surface area contributed by atoms with Gasteiger partial charge >= 0.3 is 12.2 Å². The molecule has 0 fully saturated rings. The molecule has 1 aromatic rings. The van der Waals surface area contributed by atoms with Crippen LogP contribution in [0.2, 0.25) is 0 Å². The summed E-state index contributed by atoms with van der Waals surface area (Å²) in [5.74, 6) is -0.784. The van der Waals surface area contributed by atoms with Crippen molar-refractivity contribution in [2.24, 2.45) is 5.73 Å². The molecule has 0 saturated heterocycles. The molecule has 1 aromatic heterocycles. The lowest BCUT2D eigenvalue weighted by atomic mass is 10.2. The van der Waals surface area contributed by atoms with Crippen LogP contribution in [-0.2, 0) is 6.54 Å². The quantitative estimate of drug-likeness (QED) is 0.580. The smallest absolute Gasteiger partial charge is 0.387 e. The highest BCUT2D eigenvalue weighted by Gasteiger charge is 2.24. The van der Waals surface area contributed by atoms with Gasteiger partial charge in [-0.15, -0.1) is 0 Å². The first kappa shape index (κ1) is 11.2. The summed E-state index contributed by atoms with van der Waals surface area (Å²) in [7, 11) is 0. The normalized spacial score (nSPS) is 10.7. The fraction of sp³-hybridized carbons (Fsp3) is 0.286. The molecule has 0 atom stereocenters. The summed E-state index contributed by atoms with van der Waals surface area (Å²) in [6.07, 6.45) is -2.89. The van der Waals surface area contributed by atoms with E-state index in [1.54, 1.807) is 0 Å². The maximum absolute atomic E-state index is 12.3. The van der Waals surface area contributed by atoms with Crippen molar-refractivity contribution >= 4 is 11.5 Å². The van der Waals surface area contributed by atoms with Gasteiger partial charge in [-0.2, -0.15) is 0 Å². The van der Waals surface area contributed by atoms with Crippen molar-refractivity contribution in [1.29, 1.82) is 0 Å². The van der Waals surface area contributed by atoms with Crippen LogP contribution in [-0.4, -0.2) is 9.91 Å². The Morgan fingerprint density at radius 2 is 2.20 bits per heavy atom. The van der Waals surface area contributed by atoms with Crippen molar-refractivity contribution in [1.82, 2.24) is 4.98 Å². The molecule has 0 aromatic carbocycles. The molecule has 6 nitrogen and oxygen atoms in total.